The van der Waals surface area contributed by atoms with Crippen molar-refractivity contribution in [2.75, 3.05) is 27.3 Å². The van der Waals surface area contributed by atoms with E-state index in [9.17, 15) is 4.79 Å². The molecule has 106 valence electrons. The Labute approximate surface area is 117 Å². The Balaban J connectivity index is 2.29. The number of nitrogens with zero attached hydrogens (tertiary/aromatic N) is 2. The molecule has 0 aliphatic rings. The third-order valence-corrected chi connectivity index (χ3v) is 3.03. The maximum atomic E-state index is 12.2. The van der Waals surface area contributed by atoms with Gasteiger partial charge in [-0.3, -0.25) is 9.89 Å². The number of benzene rings is 1. The Morgan fingerprint density at radius 3 is 2.70 bits per heavy atom. The Morgan fingerprint density at radius 1 is 1.40 bits per heavy atom. The number of rotatable bonds is 5. The summed E-state index contributed by atoms with van der Waals surface area (Å²) in [7, 11) is 3.24. The van der Waals surface area contributed by atoms with Crippen molar-refractivity contribution in [1.29, 1.82) is 0 Å². The Morgan fingerprint density at radius 2 is 2.10 bits per heavy atom. The van der Waals surface area contributed by atoms with E-state index in [1.54, 1.807) is 14.2 Å². The molecule has 1 amide bonds. The minimum absolute atomic E-state index is 0.0715. The monoisotopic (exact) mass is 275 g/mol. The molecule has 1 aromatic heterocycles. The second-order valence-electron chi connectivity index (χ2n) is 4.34. The van der Waals surface area contributed by atoms with Gasteiger partial charge in [-0.25, -0.2) is 0 Å². The highest BCUT2D eigenvalue weighted by atomic mass is 16.5. The van der Waals surface area contributed by atoms with Crippen LogP contribution in [0.25, 0.3) is 11.3 Å². The molecule has 0 saturated carbocycles. The molecular weight excluding hydrogens is 258 g/mol. The van der Waals surface area contributed by atoms with Crippen LogP contribution in [-0.2, 0) is 0 Å². The summed E-state index contributed by atoms with van der Waals surface area (Å²) in [5.41, 5.74) is 1.98. The van der Waals surface area contributed by atoms with Gasteiger partial charge in [-0.2, -0.15) is 5.10 Å². The standard InChI is InChI=1S/C14H17N3O3/c1-17(7-8-18)14(19)12-9-15-16-13(12)10-3-5-11(20-2)6-4-10/h3-6,9,18H,7-8H2,1-2H3,(H,15,16). The molecule has 1 heterocycles. The van der Waals surface area contributed by atoms with Gasteiger partial charge in [0.05, 0.1) is 31.2 Å². The maximum Gasteiger partial charge on any atom is 0.257 e. The molecule has 2 aromatic rings. The van der Waals surface area contributed by atoms with Crippen molar-refractivity contribution in [3.05, 3.63) is 36.0 Å². The van der Waals surface area contributed by atoms with Crippen LogP contribution in [0.3, 0.4) is 0 Å². The molecule has 0 atom stereocenters. The van der Waals surface area contributed by atoms with E-state index in [-0.39, 0.29) is 19.1 Å². The number of H-pyrrole nitrogens is 1. The average molecular weight is 275 g/mol. The van der Waals surface area contributed by atoms with Crippen LogP contribution < -0.4 is 4.74 Å². The maximum absolute atomic E-state index is 12.2. The summed E-state index contributed by atoms with van der Waals surface area (Å²) in [6.45, 7) is 0.212. The van der Waals surface area contributed by atoms with Crippen molar-refractivity contribution in [3.63, 3.8) is 0 Å². The molecule has 2 N–H and O–H groups in total. The zero-order valence-corrected chi connectivity index (χ0v) is 11.5. The smallest absolute Gasteiger partial charge is 0.257 e. The molecule has 6 nitrogen and oxygen atoms in total. The zero-order chi connectivity index (χ0) is 14.5. The van der Waals surface area contributed by atoms with Crippen molar-refractivity contribution in [3.8, 4) is 17.0 Å². The molecule has 0 unspecified atom stereocenters. The summed E-state index contributed by atoms with van der Waals surface area (Å²) in [6, 6.07) is 7.36. The normalized spacial score (nSPS) is 10.3. The first-order valence-corrected chi connectivity index (χ1v) is 6.21. The van der Waals surface area contributed by atoms with Crippen LogP contribution in [0.1, 0.15) is 10.4 Å². The first-order valence-electron chi connectivity index (χ1n) is 6.21. The quantitative estimate of drug-likeness (QED) is 0.858. The van der Waals surface area contributed by atoms with Gasteiger partial charge in [0.2, 0.25) is 0 Å². The van der Waals surface area contributed by atoms with Crippen LogP contribution in [0.5, 0.6) is 5.75 Å². The van der Waals surface area contributed by atoms with E-state index >= 15 is 0 Å². The number of carbonyl (C=O) groups is 1. The van der Waals surface area contributed by atoms with Crippen LogP contribution in [0.15, 0.2) is 30.5 Å². The number of likely N-dealkylation sites (N-methyl/N-ethyl adjacent to an activating group) is 1. The lowest BCUT2D eigenvalue weighted by atomic mass is 10.1. The highest BCUT2D eigenvalue weighted by molar-refractivity contribution is 5.99. The van der Waals surface area contributed by atoms with Crippen LogP contribution in [-0.4, -0.2) is 53.4 Å². The van der Waals surface area contributed by atoms with Crippen LogP contribution in [0, 0.1) is 0 Å². The largest absolute Gasteiger partial charge is 0.497 e. The zero-order valence-electron chi connectivity index (χ0n) is 11.5. The van der Waals surface area contributed by atoms with Crippen LogP contribution in [0.4, 0.5) is 0 Å². The van der Waals surface area contributed by atoms with E-state index in [4.69, 9.17) is 9.84 Å². The number of aromatic amines is 1. The number of amides is 1. The molecule has 0 fully saturated rings. The molecule has 0 saturated heterocycles. The molecule has 0 bridgehead atoms. The summed E-state index contributed by atoms with van der Waals surface area (Å²) in [4.78, 5) is 13.7. The van der Waals surface area contributed by atoms with Crippen molar-refractivity contribution >= 4 is 5.91 Å². The molecule has 0 aliphatic carbocycles. The van der Waals surface area contributed by atoms with Crippen molar-refractivity contribution in [2.45, 2.75) is 0 Å². The number of aromatic nitrogens is 2. The van der Waals surface area contributed by atoms with Gasteiger partial charge in [-0.15, -0.1) is 0 Å². The molecule has 6 heteroatoms. The third kappa shape index (κ3) is 2.80. The minimum Gasteiger partial charge on any atom is -0.497 e. The molecule has 0 radical (unpaired) electrons. The fourth-order valence-electron chi connectivity index (χ4n) is 1.88. The van der Waals surface area contributed by atoms with E-state index in [1.165, 1.54) is 11.1 Å². The SMILES string of the molecule is COc1ccc(-c2[nH]ncc2C(=O)N(C)CCO)cc1. The van der Waals surface area contributed by atoms with Crippen molar-refractivity contribution in [1.82, 2.24) is 15.1 Å². The number of hydrogen-bond acceptors (Lipinski definition) is 4. The minimum atomic E-state index is -0.182. The number of hydrogen-bond donors (Lipinski definition) is 2. The number of ether oxygens (including phenoxy) is 1. The second-order valence-corrected chi connectivity index (χ2v) is 4.34. The van der Waals surface area contributed by atoms with Crippen molar-refractivity contribution in [2.24, 2.45) is 0 Å². The van der Waals surface area contributed by atoms with Crippen molar-refractivity contribution < 1.29 is 14.6 Å². The molecular formula is C14H17N3O3. The molecule has 0 spiro atoms. The average Bonchev–Trinajstić information content (AvgIpc) is 2.96. The molecule has 20 heavy (non-hydrogen) atoms. The second kappa shape index (κ2) is 6.21. The first kappa shape index (κ1) is 14.1. The van der Waals surface area contributed by atoms with E-state index in [0.717, 1.165) is 11.3 Å². The summed E-state index contributed by atoms with van der Waals surface area (Å²) >= 11 is 0. The fourth-order valence-corrected chi connectivity index (χ4v) is 1.88. The van der Waals surface area contributed by atoms with E-state index in [1.807, 2.05) is 24.3 Å². The van der Waals surface area contributed by atoms with Crippen LogP contribution in [0.2, 0.25) is 0 Å². The summed E-state index contributed by atoms with van der Waals surface area (Å²) in [6.07, 6.45) is 1.50. The summed E-state index contributed by atoms with van der Waals surface area (Å²) < 4.78 is 5.11. The van der Waals surface area contributed by atoms with E-state index in [0.29, 0.717) is 11.3 Å². The van der Waals surface area contributed by atoms with Gasteiger partial charge in [-0.05, 0) is 24.3 Å². The Hall–Kier alpha value is -2.34. The van der Waals surface area contributed by atoms with Gasteiger partial charge < -0.3 is 14.7 Å². The lowest BCUT2D eigenvalue weighted by Gasteiger charge is -2.15. The lowest BCUT2D eigenvalue weighted by Crippen LogP contribution is -2.29. The molecule has 1 aromatic carbocycles. The third-order valence-electron chi connectivity index (χ3n) is 3.03. The van der Waals surface area contributed by atoms with Gasteiger partial charge in [0.1, 0.15) is 5.75 Å². The van der Waals surface area contributed by atoms with E-state index in [2.05, 4.69) is 10.2 Å². The fraction of sp³-hybridized carbons (Fsp3) is 0.286. The number of carbonyl (C=O) groups excluding carboxylic acids is 1. The first-order chi connectivity index (χ1) is 9.67. The lowest BCUT2D eigenvalue weighted by molar-refractivity contribution is 0.0768. The predicted molar refractivity (Wildman–Crippen MR) is 74.6 cm³/mol. The number of aliphatic hydroxyl groups excluding tert-OH is 1. The number of aliphatic hydroxyl groups is 1. The summed E-state index contributed by atoms with van der Waals surface area (Å²) in [5, 5.41) is 15.7. The number of methoxy groups -OCH3 is 1. The topological polar surface area (TPSA) is 78.5 Å². The van der Waals surface area contributed by atoms with Crippen LogP contribution >= 0.6 is 0 Å². The van der Waals surface area contributed by atoms with E-state index < -0.39 is 0 Å². The van der Waals surface area contributed by atoms with Gasteiger partial charge in [0.25, 0.3) is 5.91 Å². The Kier molecular flexibility index (Phi) is 4.37. The predicted octanol–water partition coefficient (Wildman–Crippen LogP) is 1.15. The van der Waals surface area contributed by atoms with Gasteiger partial charge in [0, 0.05) is 19.2 Å². The highest BCUT2D eigenvalue weighted by Gasteiger charge is 2.18. The highest BCUT2D eigenvalue weighted by Crippen LogP contribution is 2.24. The number of nitrogens with one attached hydrogen (secondary N) is 1. The Bertz CT molecular complexity index is 578. The molecule has 0 aliphatic heterocycles. The molecule has 2 rings (SSSR count). The summed E-state index contributed by atoms with van der Waals surface area (Å²) in [5.74, 6) is 0.567. The van der Waals surface area contributed by atoms with Gasteiger partial charge >= 0.3 is 0 Å². The van der Waals surface area contributed by atoms with Gasteiger partial charge in [-0.1, -0.05) is 0 Å². The van der Waals surface area contributed by atoms with Gasteiger partial charge in [0.15, 0.2) is 0 Å².